The monoisotopic (exact) mass is 227 g/mol. The number of rotatable bonds is 3. The van der Waals surface area contributed by atoms with Crippen LogP contribution in [0.1, 0.15) is 12.5 Å². The lowest BCUT2D eigenvalue weighted by Crippen LogP contribution is -1.79. The van der Waals surface area contributed by atoms with Crippen LogP contribution in [0.4, 0.5) is 0 Å². The van der Waals surface area contributed by atoms with E-state index in [4.69, 9.17) is 0 Å². The molecule has 0 N–H and O–H groups in total. The van der Waals surface area contributed by atoms with E-state index < -0.39 is 0 Å². The van der Waals surface area contributed by atoms with E-state index in [1.807, 2.05) is 30.6 Å². The molecule has 0 bridgehead atoms. The predicted octanol–water partition coefficient (Wildman–Crippen LogP) is 4.23. The molecule has 0 aliphatic heterocycles. The molecule has 2 aromatic rings. The standard InChI is InChI=1S/C14H13NS/c1-2-14(12-6-4-3-5-7-12)16-13-8-10-15-11-9-13/h2-11H,1H3/b14-2-. The SMILES string of the molecule is C/C=C(\Sc1ccncc1)c1ccccc1. The maximum Gasteiger partial charge on any atom is 0.0279 e. The second-order valence-corrected chi connectivity index (χ2v) is 4.42. The van der Waals surface area contributed by atoms with E-state index in [1.165, 1.54) is 15.4 Å². The number of hydrogen-bond donors (Lipinski definition) is 0. The van der Waals surface area contributed by atoms with Crippen LogP contribution in [0.15, 0.2) is 65.8 Å². The van der Waals surface area contributed by atoms with Gasteiger partial charge in [0.2, 0.25) is 0 Å². The third kappa shape index (κ3) is 2.74. The Morgan fingerprint density at radius 3 is 2.38 bits per heavy atom. The van der Waals surface area contributed by atoms with Gasteiger partial charge >= 0.3 is 0 Å². The molecule has 0 aliphatic carbocycles. The van der Waals surface area contributed by atoms with Gasteiger partial charge in [0, 0.05) is 22.2 Å². The molecule has 0 aliphatic rings. The first-order valence-corrected chi connectivity index (χ1v) is 6.01. The maximum atomic E-state index is 4.02. The van der Waals surface area contributed by atoms with Gasteiger partial charge < -0.3 is 0 Å². The zero-order valence-electron chi connectivity index (χ0n) is 9.13. The zero-order valence-corrected chi connectivity index (χ0v) is 9.95. The highest BCUT2D eigenvalue weighted by Gasteiger charge is 2.01. The Hall–Kier alpha value is -1.54. The van der Waals surface area contributed by atoms with Crippen molar-refractivity contribution < 1.29 is 0 Å². The third-order valence-corrected chi connectivity index (χ3v) is 3.40. The minimum absolute atomic E-state index is 1.21. The molecule has 0 saturated carbocycles. The van der Waals surface area contributed by atoms with Gasteiger partial charge in [-0.05, 0) is 24.6 Å². The van der Waals surface area contributed by atoms with Gasteiger partial charge in [-0.2, -0.15) is 0 Å². The van der Waals surface area contributed by atoms with E-state index in [0.29, 0.717) is 0 Å². The minimum atomic E-state index is 1.21. The summed E-state index contributed by atoms with van der Waals surface area (Å²) in [5, 5.41) is 0. The highest BCUT2D eigenvalue weighted by atomic mass is 32.2. The summed E-state index contributed by atoms with van der Waals surface area (Å²) in [4.78, 5) is 6.50. The summed E-state index contributed by atoms with van der Waals surface area (Å²) in [6, 6.07) is 14.5. The van der Waals surface area contributed by atoms with Crippen LogP contribution in [-0.2, 0) is 0 Å². The fourth-order valence-electron chi connectivity index (χ4n) is 1.42. The average molecular weight is 227 g/mol. The summed E-state index contributed by atoms with van der Waals surface area (Å²) < 4.78 is 0. The molecule has 1 nitrogen and oxygen atoms in total. The van der Waals surface area contributed by atoms with Crippen molar-refractivity contribution in [3.05, 3.63) is 66.5 Å². The molecule has 0 radical (unpaired) electrons. The molecular formula is C14H13NS. The van der Waals surface area contributed by atoms with Crippen molar-refractivity contribution in [2.24, 2.45) is 0 Å². The van der Waals surface area contributed by atoms with Crippen LogP contribution in [0, 0.1) is 0 Å². The largest absolute Gasteiger partial charge is 0.265 e. The second kappa shape index (κ2) is 5.52. The van der Waals surface area contributed by atoms with Crippen LogP contribution in [0.5, 0.6) is 0 Å². The number of nitrogens with zero attached hydrogens (tertiary/aromatic N) is 1. The zero-order chi connectivity index (χ0) is 11.2. The van der Waals surface area contributed by atoms with Crippen molar-refractivity contribution in [2.75, 3.05) is 0 Å². The average Bonchev–Trinajstić information content (AvgIpc) is 2.38. The molecule has 2 rings (SSSR count). The number of benzene rings is 1. The Morgan fingerprint density at radius 2 is 1.75 bits per heavy atom. The quantitative estimate of drug-likeness (QED) is 0.728. The molecule has 80 valence electrons. The summed E-state index contributed by atoms with van der Waals surface area (Å²) in [6.07, 6.45) is 5.78. The molecule has 0 amide bonds. The Bertz CT molecular complexity index is 463. The molecule has 1 aromatic heterocycles. The van der Waals surface area contributed by atoms with Crippen LogP contribution >= 0.6 is 11.8 Å². The first-order chi connectivity index (χ1) is 7.90. The highest BCUT2D eigenvalue weighted by molar-refractivity contribution is 8.08. The first kappa shape index (κ1) is 11.0. The summed E-state index contributed by atoms with van der Waals surface area (Å²) in [7, 11) is 0. The van der Waals surface area contributed by atoms with Crippen molar-refractivity contribution in [2.45, 2.75) is 11.8 Å². The number of allylic oxidation sites excluding steroid dienone is 1. The lowest BCUT2D eigenvalue weighted by Gasteiger charge is -2.06. The Labute approximate surface area is 100 Å². The van der Waals surface area contributed by atoms with Gasteiger partial charge in [-0.3, -0.25) is 4.98 Å². The van der Waals surface area contributed by atoms with Gasteiger partial charge in [0.1, 0.15) is 0 Å². The van der Waals surface area contributed by atoms with Crippen molar-refractivity contribution in [1.82, 2.24) is 4.98 Å². The van der Waals surface area contributed by atoms with E-state index in [2.05, 4.69) is 42.2 Å². The summed E-state index contributed by atoms with van der Waals surface area (Å²) >= 11 is 1.76. The number of pyridine rings is 1. The van der Waals surface area contributed by atoms with Crippen molar-refractivity contribution >= 4 is 16.7 Å². The summed E-state index contributed by atoms with van der Waals surface area (Å²) in [5.41, 5.74) is 1.26. The molecule has 1 aromatic carbocycles. The van der Waals surface area contributed by atoms with Crippen LogP contribution in [0.2, 0.25) is 0 Å². The van der Waals surface area contributed by atoms with E-state index in [-0.39, 0.29) is 0 Å². The van der Waals surface area contributed by atoms with E-state index in [0.717, 1.165) is 0 Å². The van der Waals surface area contributed by atoms with Gasteiger partial charge in [0.05, 0.1) is 0 Å². The molecule has 2 heteroatoms. The lowest BCUT2D eigenvalue weighted by molar-refractivity contribution is 1.27. The van der Waals surface area contributed by atoms with Gasteiger partial charge in [-0.15, -0.1) is 0 Å². The minimum Gasteiger partial charge on any atom is -0.265 e. The Morgan fingerprint density at radius 1 is 1.06 bits per heavy atom. The Balaban J connectivity index is 2.20. The van der Waals surface area contributed by atoms with Crippen LogP contribution in [0.3, 0.4) is 0 Å². The fourth-order valence-corrected chi connectivity index (χ4v) is 2.30. The lowest BCUT2D eigenvalue weighted by atomic mass is 10.2. The van der Waals surface area contributed by atoms with Crippen LogP contribution in [-0.4, -0.2) is 4.98 Å². The van der Waals surface area contributed by atoms with E-state index >= 15 is 0 Å². The second-order valence-electron chi connectivity index (χ2n) is 3.30. The van der Waals surface area contributed by atoms with E-state index in [9.17, 15) is 0 Å². The van der Waals surface area contributed by atoms with Crippen molar-refractivity contribution in [3.63, 3.8) is 0 Å². The van der Waals surface area contributed by atoms with Gasteiger partial charge in [-0.25, -0.2) is 0 Å². The summed E-state index contributed by atoms with van der Waals surface area (Å²) in [6.45, 7) is 2.07. The molecule has 16 heavy (non-hydrogen) atoms. The molecular weight excluding hydrogens is 214 g/mol. The highest BCUT2D eigenvalue weighted by Crippen LogP contribution is 2.33. The van der Waals surface area contributed by atoms with Crippen molar-refractivity contribution in [1.29, 1.82) is 0 Å². The molecule has 1 heterocycles. The Kier molecular flexibility index (Phi) is 3.78. The predicted molar refractivity (Wildman–Crippen MR) is 70.2 cm³/mol. The van der Waals surface area contributed by atoms with E-state index in [1.54, 1.807) is 11.8 Å². The topological polar surface area (TPSA) is 12.9 Å². The molecule has 0 spiro atoms. The number of hydrogen-bond acceptors (Lipinski definition) is 2. The van der Waals surface area contributed by atoms with Gasteiger partial charge in [-0.1, -0.05) is 48.2 Å². The van der Waals surface area contributed by atoms with Crippen molar-refractivity contribution in [3.8, 4) is 0 Å². The molecule has 0 atom stereocenters. The molecule has 0 unspecified atom stereocenters. The van der Waals surface area contributed by atoms with Crippen LogP contribution < -0.4 is 0 Å². The first-order valence-electron chi connectivity index (χ1n) is 5.20. The van der Waals surface area contributed by atoms with Gasteiger partial charge in [0.15, 0.2) is 0 Å². The molecule has 0 fully saturated rings. The molecule has 0 saturated heterocycles. The number of thioether (sulfide) groups is 1. The summed E-state index contributed by atoms with van der Waals surface area (Å²) in [5.74, 6) is 0. The third-order valence-electron chi connectivity index (χ3n) is 2.20. The number of aromatic nitrogens is 1. The van der Waals surface area contributed by atoms with Crippen LogP contribution in [0.25, 0.3) is 4.91 Å². The maximum absolute atomic E-state index is 4.02. The smallest absolute Gasteiger partial charge is 0.0279 e. The normalized spacial score (nSPS) is 11.4. The fraction of sp³-hybridized carbons (Fsp3) is 0.0714. The van der Waals surface area contributed by atoms with Gasteiger partial charge in [0.25, 0.3) is 0 Å².